The van der Waals surface area contributed by atoms with Gasteiger partial charge in [-0.1, -0.05) is 229 Å². The third-order valence-electron chi connectivity index (χ3n) is 20.9. The quantitative estimate of drug-likeness (QED) is 0.0202. The Balaban J connectivity index is 0.000000246. The average Bonchev–Trinajstić information content (AvgIpc) is 1.51. The Bertz CT molecular complexity index is 9670. The van der Waals surface area contributed by atoms with E-state index >= 15 is 9.59 Å². The van der Waals surface area contributed by atoms with Crippen molar-refractivity contribution in [2.45, 2.75) is 203 Å². The van der Waals surface area contributed by atoms with E-state index in [-0.39, 0.29) is 93.6 Å². The molecule has 144 heavy (non-hydrogen) atoms. The van der Waals surface area contributed by atoms with Gasteiger partial charge in [-0.2, -0.15) is 54.5 Å². The normalized spacial score (nSPS) is 22.1. The maximum atomic E-state index is 15.6. The molecule has 0 spiro atoms. The molecule has 18 nitrogen and oxygen atoms in total. The van der Waals surface area contributed by atoms with Crippen molar-refractivity contribution >= 4 is 53.0 Å². The molecule has 2 atom stereocenters. The van der Waals surface area contributed by atoms with Gasteiger partial charge in [-0.05, 0) is 249 Å². The van der Waals surface area contributed by atoms with Crippen LogP contribution >= 0.6 is 35.3 Å². The lowest BCUT2D eigenvalue weighted by Crippen LogP contribution is -2.42. The summed E-state index contributed by atoms with van der Waals surface area (Å²) in [4.78, 5) is 97.5. The van der Waals surface area contributed by atoms with Gasteiger partial charge >= 0.3 is 18.5 Å². The fourth-order valence-corrected chi connectivity index (χ4v) is 16.0. The number of likely N-dealkylation sites (N-methyl/N-ethyl adjacent to an activating group) is 3. The van der Waals surface area contributed by atoms with Crippen molar-refractivity contribution in [1.82, 2.24) is 58.1 Å². The first-order valence-electron chi connectivity index (χ1n) is 71.4. The molecule has 3 aliphatic carbocycles. The van der Waals surface area contributed by atoms with Gasteiger partial charge < -0.3 is 43.1 Å². The molecule has 3 aromatic heterocycles. The van der Waals surface area contributed by atoms with Crippen LogP contribution in [0.25, 0.3) is 33.4 Å². The minimum absolute atomic E-state index is 0.0383. The van der Waals surface area contributed by atoms with Gasteiger partial charge in [0.1, 0.15) is 36.9 Å². The SMILES string of the molecule is [2H]C([2H])(Sc1nc(=O)c2c(n1C([2H])([2H])C(=O)N(CCN(CC)CC)C([2H])(C)c1ccc(-c3ccc(C(F)(F)F)cc3)cc1)CCC2)c1ccc(F)cc1.[2H]c1c([2H])c(CSc2nc(=O)c3c(n2C([2H])([2H])C(=O)N(C([2H])([2H])c2c([2H])c([2H])c(-c4c([2H])c([2H])c(C(F)(F)F)c(C)c4[2H])c([2H])c2[2H])C([2H])([2H])C([2H])([2H])N(C([2H])([2H])C)C([2H])([2H])C)CCC3)c([2H])c([2H])c1F.[2H]c1c([2H])c(CSc2nc(=O)c3c(n2C([2H])([2H])C(=O)N(C([2H])([2H])c2c([2H])c([2H])c(-c4c([2H])c([2H])c(C(F)(F)F)c([2H])c4[2H])c([2H])c2[2H])C([2H])([2H])C([2H])([2H])N(C([2H])([2H])C)C([2H])([2H])C)C([2H])([2H])C([2H])(C)C3([2H])[2H])c([2H])c([2H])c1F. The molecule has 762 valence electrons. The number of carbonyl (C=O) groups is 3. The number of hydrogen-bond donors (Lipinski definition) is 0. The molecule has 15 rings (SSSR count). The number of alkyl halides is 9. The van der Waals surface area contributed by atoms with Crippen LogP contribution in [-0.4, -0.2) is 154 Å². The molecule has 0 saturated carbocycles. The zero-order chi connectivity index (χ0) is 154. The Labute approximate surface area is 924 Å². The van der Waals surface area contributed by atoms with Crippen molar-refractivity contribution in [3.63, 3.8) is 0 Å². The van der Waals surface area contributed by atoms with Crippen molar-refractivity contribution in [1.29, 1.82) is 0 Å². The molecule has 0 aliphatic heterocycles. The summed E-state index contributed by atoms with van der Waals surface area (Å²) < 4.78 is 665. The van der Waals surface area contributed by atoms with Gasteiger partial charge in [0.2, 0.25) is 17.7 Å². The lowest BCUT2D eigenvalue weighted by molar-refractivity contribution is -0.138. The minimum atomic E-state index is -5.56. The van der Waals surface area contributed by atoms with Crippen LogP contribution < -0.4 is 16.7 Å². The van der Waals surface area contributed by atoms with Crippen LogP contribution in [-0.2, 0) is 121 Å². The molecule has 0 radical (unpaired) electrons. The summed E-state index contributed by atoms with van der Waals surface area (Å²) in [6, 6.07) is -19.6. The number of aromatic nitrogens is 6. The number of thioether (sulfide) groups is 3. The summed E-state index contributed by atoms with van der Waals surface area (Å²) in [5, 5.41) is -2.63. The number of rotatable bonds is 39. The second-order valence-corrected chi connectivity index (χ2v) is 32.9. The molecule has 0 bridgehead atoms. The fraction of sp³-hybridized carbons (Fsp3) is 0.378. The standard InChI is InChI=1S/3C37H40F4N4O2S/c1-4-43(5-2)18-19-44(22-26-6-10-28(11-7-26)29-12-14-30(15-13-29)37(39,40)41)34(46)23-45-33-21-25(3)20-32(33)35(47)42-36(45)48-24-27-8-16-31(38)17-9-27;1-4-43(5-2)21-22-44(25(3)27-11-13-28(14-12-27)29-15-17-30(18-16-29)37(39,40)41)34(46)23-45-33-8-6-7-32(33)35(47)42-36(45)48-24-26-9-19-31(38)20-10-26;1-4-43(5-2)19-20-44(22-26-9-13-28(14-10-26)29-15-18-32(25(3)21-29)37(39,40)41)34(46)23-45-33-8-6-7-31(33)35(47)42-36(45)48-24-27-11-16-30(38)17-12-27/h6-17,25H,4-5,18-24H2,1-3H3;9-20,25H,4-8,21-24H2,1-3H3;9-18,21H,4-8,19-20,22-24H2,1-3H3/i4D2,5D2,6D,7D,8D,9D,10D,11D,12D,13D,14D,15D,16D,17D,18D2,19D2,20D2,21D2,22D2,23D2,25D;23D2,24D2,25D;4D2,5D2,9D,10D,11D,12D,13D,14D,15D,16D,17D,18D,19D2,20D2,21D,22D2,23D2. The highest BCUT2D eigenvalue weighted by Gasteiger charge is 2.36. The number of amides is 3. The van der Waals surface area contributed by atoms with E-state index in [0.29, 0.717) is 107 Å². The molecule has 0 fully saturated rings. The van der Waals surface area contributed by atoms with E-state index in [9.17, 15) is 92.4 Å². The first-order chi connectivity index (χ1) is 91.0. The number of halogens is 12. The van der Waals surface area contributed by atoms with E-state index in [1.807, 2.05) is 18.7 Å². The van der Waals surface area contributed by atoms with Crippen molar-refractivity contribution in [3.05, 3.63) is 350 Å². The van der Waals surface area contributed by atoms with E-state index < -0.39 is 444 Å². The smallest absolute Gasteiger partial charge is 0.336 e. The van der Waals surface area contributed by atoms with Crippen LogP contribution in [0.1, 0.15) is 242 Å². The van der Waals surface area contributed by atoms with E-state index in [1.165, 1.54) is 31.2 Å². The Morgan fingerprint density at radius 3 is 1.30 bits per heavy atom. The van der Waals surface area contributed by atoms with Crippen LogP contribution in [0, 0.1) is 30.3 Å². The number of benzene rings is 9. The Kier molecular flexibility index (Phi) is 19.6. The van der Waals surface area contributed by atoms with Gasteiger partial charge in [0.15, 0.2) is 15.5 Å². The summed E-state index contributed by atoms with van der Waals surface area (Å²) in [5.41, 5.74) is -23.4. The summed E-state index contributed by atoms with van der Waals surface area (Å²) in [7, 11) is 0. The number of carbonyl (C=O) groups excluding carboxylic acids is 3. The molecule has 12 aromatic rings. The van der Waals surface area contributed by atoms with Crippen molar-refractivity contribution in [2.24, 2.45) is 5.89 Å². The lowest BCUT2D eigenvalue weighted by atomic mass is 9.98. The average molecular weight is 2100 g/mol. The first kappa shape index (κ1) is 56.2. The molecule has 3 heterocycles. The van der Waals surface area contributed by atoms with Gasteiger partial charge in [0.25, 0.3) is 16.7 Å². The molecule has 33 heteroatoms. The number of fused-ring (bicyclic) bond motifs is 3. The molecular weight excluding hydrogens is 1920 g/mol. The molecule has 2 unspecified atom stereocenters. The Hall–Kier alpha value is -11.9. The first-order valence-corrected chi connectivity index (χ1v) is 45.7. The third kappa shape index (κ3) is 29.1. The van der Waals surface area contributed by atoms with E-state index in [4.69, 9.17) is 57.6 Å². The maximum Gasteiger partial charge on any atom is 0.416 e. The Morgan fingerprint density at radius 2 is 0.854 bits per heavy atom. The molecule has 0 saturated heterocycles. The molecular formula is C111H120F12N12O6S3. The maximum absolute atomic E-state index is 15.6. The predicted molar refractivity (Wildman–Crippen MR) is 544 cm³/mol. The van der Waals surface area contributed by atoms with Crippen LogP contribution in [0.4, 0.5) is 52.7 Å². The van der Waals surface area contributed by atoms with Gasteiger partial charge in [0, 0.05) is 129 Å². The highest BCUT2D eigenvalue weighted by Crippen LogP contribution is 2.39. The second kappa shape index (κ2) is 50.3. The summed E-state index contributed by atoms with van der Waals surface area (Å²) >= 11 is 0.587. The van der Waals surface area contributed by atoms with Gasteiger partial charge in [-0.25, -0.2) is 13.2 Å². The zero-order valence-corrected chi connectivity index (χ0v) is 79.4. The largest absolute Gasteiger partial charge is 0.416 e. The fourth-order valence-electron chi connectivity index (χ4n) is 13.6. The minimum Gasteiger partial charge on any atom is -0.336 e. The van der Waals surface area contributed by atoms with Crippen LogP contribution in [0.2, 0.25) is 0 Å². The predicted octanol–water partition coefficient (Wildman–Crippen LogP) is 22.8. The molecule has 0 N–H and O–H groups in total. The molecule has 9 aromatic carbocycles. The highest BCUT2D eigenvalue weighted by molar-refractivity contribution is 7.98. The molecule has 3 amide bonds. The number of hydrogen-bond acceptors (Lipinski definition) is 15. The zero-order valence-electron chi connectivity index (χ0n) is 134. The summed E-state index contributed by atoms with van der Waals surface area (Å²) in [5.74, 6) is -15.5. The summed E-state index contributed by atoms with van der Waals surface area (Å²) in [6.07, 6.45) is -22.0. The lowest BCUT2D eigenvalue weighted by Gasteiger charge is -2.33. The van der Waals surface area contributed by atoms with Gasteiger partial charge in [-0.3, -0.25) is 28.8 Å². The second-order valence-electron chi connectivity index (χ2n) is 30.2. The third-order valence-corrected chi connectivity index (χ3v) is 23.6. The van der Waals surface area contributed by atoms with E-state index in [0.717, 1.165) is 33.7 Å². The van der Waals surface area contributed by atoms with Crippen molar-refractivity contribution in [2.75, 3.05) is 78.2 Å². The topological polar surface area (TPSA) is 175 Å². The van der Waals surface area contributed by atoms with Crippen molar-refractivity contribution in [3.8, 4) is 33.4 Å². The van der Waals surface area contributed by atoms with Crippen LogP contribution in [0.3, 0.4) is 0 Å². The summed E-state index contributed by atoms with van der Waals surface area (Å²) in [6.45, 7) is -43.0. The van der Waals surface area contributed by atoms with Crippen LogP contribution in [0.5, 0.6) is 0 Å². The van der Waals surface area contributed by atoms with Crippen molar-refractivity contribution < 1.29 is 145 Å². The van der Waals surface area contributed by atoms with E-state index in [2.05, 4.69) is 15.0 Å². The van der Waals surface area contributed by atoms with Gasteiger partial charge in [-0.15, -0.1) is 0 Å². The molecule has 3 aliphatic rings. The monoisotopic (exact) mass is 2100 g/mol. The number of nitrogens with zero attached hydrogens (tertiary/aromatic N) is 12. The van der Waals surface area contributed by atoms with Crippen LogP contribution in [0.15, 0.2) is 242 Å². The van der Waals surface area contributed by atoms with Gasteiger partial charge in [0.05, 0.1) is 74.8 Å². The van der Waals surface area contributed by atoms with E-state index in [1.54, 1.807) is 24.3 Å². The Morgan fingerprint density at radius 1 is 0.444 bits per heavy atom. The highest BCUT2D eigenvalue weighted by atomic mass is 32.2.